The van der Waals surface area contributed by atoms with Gasteiger partial charge in [0.15, 0.2) is 0 Å². The van der Waals surface area contributed by atoms with Crippen LogP contribution in [0.3, 0.4) is 0 Å². The molecular formula is C21H25N3O3S. The Balaban J connectivity index is 1.41. The Hall–Kier alpha value is -2.38. The second kappa shape index (κ2) is 7.56. The summed E-state index contributed by atoms with van der Waals surface area (Å²) in [6, 6.07) is 12.6. The number of carbonyl (C=O) groups excluding carboxylic acids is 1. The first-order valence-electron chi connectivity index (χ1n) is 9.72. The van der Waals surface area contributed by atoms with Crippen LogP contribution < -0.4 is 11.1 Å². The summed E-state index contributed by atoms with van der Waals surface area (Å²) in [6.07, 6.45) is 4.07. The van der Waals surface area contributed by atoms with E-state index in [0.29, 0.717) is 42.2 Å². The molecule has 0 spiro atoms. The Morgan fingerprint density at radius 1 is 1.04 bits per heavy atom. The van der Waals surface area contributed by atoms with E-state index in [-0.39, 0.29) is 11.8 Å². The summed E-state index contributed by atoms with van der Waals surface area (Å²) in [7, 11) is -3.52. The minimum absolute atomic E-state index is 0.104. The van der Waals surface area contributed by atoms with Gasteiger partial charge in [-0.05, 0) is 67.5 Å². The van der Waals surface area contributed by atoms with Crippen molar-refractivity contribution < 1.29 is 13.2 Å². The molecule has 3 N–H and O–H groups in total. The van der Waals surface area contributed by atoms with Crippen LogP contribution in [-0.4, -0.2) is 31.7 Å². The number of anilines is 2. The van der Waals surface area contributed by atoms with E-state index in [1.807, 2.05) is 24.3 Å². The average Bonchev–Trinajstić information content (AvgIpc) is 3.17. The third-order valence-corrected chi connectivity index (χ3v) is 7.65. The number of piperidine rings is 1. The van der Waals surface area contributed by atoms with Crippen LogP contribution in [0.4, 0.5) is 11.4 Å². The maximum atomic E-state index is 13.0. The van der Waals surface area contributed by atoms with Crippen LogP contribution in [0.1, 0.15) is 30.4 Å². The third-order valence-electron chi connectivity index (χ3n) is 5.75. The molecule has 0 bridgehead atoms. The van der Waals surface area contributed by atoms with Crippen molar-refractivity contribution >= 4 is 27.3 Å². The summed E-state index contributed by atoms with van der Waals surface area (Å²) in [6.45, 7) is 0.698. The number of fused-ring (bicyclic) bond motifs is 1. The summed E-state index contributed by atoms with van der Waals surface area (Å²) < 4.78 is 27.5. The van der Waals surface area contributed by atoms with Crippen LogP contribution in [0, 0.1) is 5.92 Å². The van der Waals surface area contributed by atoms with E-state index in [4.69, 9.17) is 5.73 Å². The molecule has 0 unspecified atom stereocenters. The van der Waals surface area contributed by atoms with Crippen LogP contribution in [0.15, 0.2) is 47.4 Å². The maximum Gasteiger partial charge on any atom is 0.243 e. The molecule has 148 valence electrons. The standard InChI is InChI=1S/C21H25N3O3S/c22-19-6-1-2-7-20(19)23-21(25)16-10-12-24(13-11-16)28(26,27)18-9-8-15-4-3-5-17(15)14-18/h1-2,6-9,14,16H,3-5,10-13,22H2,(H,23,25). The van der Waals surface area contributed by atoms with Gasteiger partial charge in [-0.3, -0.25) is 4.79 Å². The van der Waals surface area contributed by atoms with Crippen molar-refractivity contribution in [1.82, 2.24) is 4.31 Å². The van der Waals surface area contributed by atoms with Gasteiger partial charge in [-0.15, -0.1) is 0 Å². The van der Waals surface area contributed by atoms with Crippen LogP contribution in [0.25, 0.3) is 0 Å². The van der Waals surface area contributed by atoms with Gasteiger partial charge in [-0.1, -0.05) is 18.2 Å². The maximum absolute atomic E-state index is 13.0. The first-order chi connectivity index (χ1) is 13.4. The summed E-state index contributed by atoms with van der Waals surface area (Å²) >= 11 is 0. The quantitative estimate of drug-likeness (QED) is 0.773. The van der Waals surface area contributed by atoms with Crippen molar-refractivity contribution in [2.75, 3.05) is 24.1 Å². The molecule has 2 aromatic rings. The Morgan fingerprint density at radius 2 is 1.75 bits per heavy atom. The second-order valence-electron chi connectivity index (χ2n) is 7.54. The Bertz CT molecular complexity index is 996. The zero-order chi connectivity index (χ0) is 19.7. The lowest BCUT2D eigenvalue weighted by molar-refractivity contribution is -0.120. The predicted molar refractivity (Wildman–Crippen MR) is 109 cm³/mol. The van der Waals surface area contributed by atoms with E-state index >= 15 is 0 Å². The van der Waals surface area contributed by atoms with E-state index < -0.39 is 10.0 Å². The van der Waals surface area contributed by atoms with E-state index in [2.05, 4.69) is 5.32 Å². The van der Waals surface area contributed by atoms with Crippen LogP contribution in [0.5, 0.6) is 0 Å². The van der Waals surface area contributed by atoms with Gasteiger partial charge in [0.25, 0.3) is 0 Å². The molecule has 1 aliphatic heterocycles. The molecule has 1 fully saturated rings. The fourth-order valence-electron chi connectivity index (χ4n) is 4.06. The molecule has 2 aromatic carbocycles. The van der Waals surface area contributed by atoms with Gasteiger partial charge >= 0.3 is 0 Å². The van der Waals surface area contributed by atoms with Crippen molar-refractivity contribution in [1.29, 1.82) is 0 Å². The van der Waals surface area contributed by atoms with Crippen molar-refractivity contribution in [3.8, 4) is 0 Å². The highest BCUT2D eigenvalue weighted by Crippen LogP contribution is 2.29. The number of carbonyl (C=O) groups is 1. The topological polar surface area (TPSA) is 92.5 Å². The Morgan fingerprint density at radius 3 is 2.50 bits per heavy atom. The van der Waals surface area contributed by atoms with E-state index in [1.54, 1.807) is 18.2 Å². The number of hydrogen-bond acceptors (Lipinski definition) is 4. The van der Waals surface area contributed by atoms with E-state index in [1.165, 1.54) is 9.87 Å². The number of sulfonamides is 1. The number of nitrogen functional groups attached to an aromatic ring is 1. The number of nitrogens with one attached hydrogen (secondary N) is 1. The summed E-state index contributed by atoms with van der Waals surface area (Å²) in [4.78, 5) is 12.9. The molecule has 6 nitrogen and oxygen atoms in total. The smallest absolute Gasteiger partial charge is 0.243 e. The van der Waals surface area contributed by atoms with Crippen molar-refractivity contribution in [2.24, 2.45) is 5.92 Å². The van der Waals surface area contributed by atoms with Gasteiger partial charge < -0.3 is 11.1 Å². The van der Waals surface area contributed by atoms with Gasteiger partial charge in [-0.25, -0.2) is 8.42 Å². The largest absolute Gasteiger partial charge is 0.397 e. The third kappa shape index (κ3) is 3.64. The van der Waals surface area contributed by atoms with Gasteiger partial charge in [-0.2, -0.15) is 4.31 Å². The average molecular weight is 400 g/mol. The molecule has 1 heterocycles. The zero-order valence-electron chi connectivity index (χ0n) is 15.7. The van der Waals surface area contributed by atoms with Gasteiger partial charge in [0.2, 0.25) is 15.9 Å². The summed E-state index contributed by atoms with van der Waals surface area (Å²) in [5.74, 6) is -0.321. The number of aryl methyl sites for hydroxylation is 2. The Kier molecular flexibility index (Phi) is 5.12. The molecule has 0 aromatic heterocycles. The lowest BCUT2D eigenvalue weighted by Crippen LogP contribution is -2.41. The molecular weight excluding hydrogens is 374 g/mol. The van der Waals surface area contributed by atoms with Gasteiger partial charge in [0, 0.05) is 19.0 Å². The normalized spacial score (nSPS) is 18.0. The molecule has 0 radical (unpaired) electrons. The summed E-state index contributed by atoms with van der Waals surface area (Å²) in [5, 5.41) is 2.86. The molecule has 0 saturated carbocycles. The van der Waals surface area contributed by atoms with Crippen molar-refractivity contribution in [3.05, 3.63) is 53.6 Å². The highest BCUT2D eigenvalue weighted by molar-refractivity contribution is 7.89. The first-order valence-corrected chi connectivity index (χ1v) is 11.2. The van der Waals surface area contributed by atoms with Crippen molar-refractivity contribution in [3.63, 3.8) is 0 Å². The number of para-hydroxylation sites is 2. The van der Waals surface area contributed by atoms with Crippen LogP contribution in [0.2, 0.25) is 0 Å². The SMILES string of the molecule is Nc1ccccc1NC(=O)C1CCN(S(=O)(=O)c2ccc3c(c2)CCC3)CC1. The second-order valence-corrected chi connectivity index (χ2v) is 9.48. The number of rotatable bonds is 4. The number of hydrogen-bond donors (Lipinski definition) is 2. The molecule has 1 amide bonds. The lowest BCUT2D eigenvalue weighted by atomic mass is 9.97. The zero-order valence-corrected chi connectivity index (χ0v) is 16.5. The van der Waals surface area contributed by atoms with E-state index in [9.17, 15) is 13.2 Å². The number of nitrogens with zero attached hydrogens (tertiary/aromatic N) is 1. The predicted octanol–water partition coefficient (Wildman–Crippen LogP) is 2.80. The Labute approximate surface area is 165 Å². The molecule has 7 heteroatoms. The monoisotopic (exact) mass is 399 g/mol. The molecule has 4 rings (SSSR count). The number of amides is 1. The molecule has 2 aliphatic rings. The number of benzene rings is 2. The highest BCUT2D eigenvalue weighted by atomic mass is 32.2. The summed E-state index contributed by atoms with van der Waals surface area (Å²) in [5.41, 5.74) is 9.40. The number of nitrogens with two attached hydrogens (primary N) is 1. The lowest BCUT2D eigenvalue weighted by Gasteiger charge is -2.30. The fraction of sp³-hybridized carbons (Fsp3) is 0.381. The first kappa shape index (κ1) is 19.0. The highest BCUT2D eigenvalue weighted by Gasteiger charge is 2.32. The van der Waals surface area contributed by atoms with Gasteiger partial charge in [0.05, 0.1) is 16.3 Å². The minimum Gasteiger partial charge on any atom is -0.397 e. The van der Waals surface area contributed by atoms with Crippen molar-refractivity contribution in [2.45, 2.75) is 37.0 Å². The molecule has 28 heavy (non-hydrogen) atoms. The molecule has 0 atom stereocenters. The van der Waals surface area contributed by atoms with Crippen LogP contribution in [-0.2, 0) is 27.7 Å². The van der Waals surface area contributed by atoms with E-state index in [0.717, 1.165) is 24.8 Å². The fourth-order valence-corrected chi connectivity index (χ4v) is 5.58. The minimum atomic E-state index is -3.52. The van der Waals surface area contributed by atoms with Crippen LogP contribution >= 0.6 is 0 Å². The van der Waals surface area contributed by atoms with Gasteiger partial charge in [0.1, 0.15) is 0 Å². The molecule has 1 aliphatic carbocycles. The molecule has 1 saturated heterocycles.